The molecule has 0 aromatic heterocycles. The number of rotatable bonds is 8. The standard InChI is InChI=1S/C21H33N3O4.ClH/c1-12-13(2)19-16(14(3)18(12)27)9-11-21(4,28-19)10-8-15(24-20(22)23)6-5-7-17(25)26;/h15,27H,5-11H2,1-4H3,(H,25,26)(H4,22,23,24);1H. The Bertz CT molecular complexity index is 769. The Kier molecular flexibility index (Phi) is 8.63. The zero-order valence-electron chi connectivity index (χ0n) is 17.7. The minimum absolute atomic E-state index is 0. The Labute approximate surface area is 178 Å². The van der Waals surface area contributed by atoms with Crippen LogP contribution in [-0.2, 0) is 11.2 Å². The number of nitrogens with two attached hydrogens (primary N) is 1. The number of phenolic OH excluding ortho intramolecular Hbond substituents is 1. The van der Waals surface area contributed by atoms with Gasteiger partial charge in [-0.05, 0) is 82.9 Å². The van der Waals surface area contributed by atoms with Crippen molar-refractivity contribution in [1.82, 2.24) is 5.32 Å². The van der Waals surface area contributed by atoms with Gasteiger partial charge in [-0.15, -0.1) is 12.4 Å². The van der Waals surface area contributed by atoms with Crippen LogP contribution >= 0.6 is 12.4 Å². The van der Waals surface area contributed by atoms with Crippen LogP contribution < -0.4 is 15.8 Å². The first-order valence-corrected chi connectivity index (χ1v) is 9.87. The predicted octanol–water partition coefficient (Wildman–Crippen LogP) is 3.71. The van der Waals surface area contributed by atoms with Crippen LogP contribution in [0, 0.1) is 26.2 Å². The Balaban J connectivity index is 0.00000420. The number of aromatic hydroxyl groups is 1. The van der Waals surface area contributed by atoms with E-state index in [9.17, 15) is 9.90 Å². The quantitative estimate of drug-likeness (QED) is 0.317. The number of guanidine groups is 1. The highest BCUT2D eigenvalue weighted by atomic mass is 35.5. The molecule has 1 aromatic carbocycles. The van der Waals surface area contributed by atoms with E-state index in [4.69, 9.17) is 21.0 Å². The van der Waals surface area contributed by atoms with Crippen LogP contribution in [0.2, 0.25) is 0 Å². The molecular weight excluding hydrogens is 394 g/mol. The number of fused-ring (bicyclic) bond motifs is 1. The largest absolute Gasteiger partial charge is 0.507 e. The van der Waals surface area contributed by atoms with Gasteiger partial charge in [0.05, 0.1) is 0 Å². The minimum Gasteiger partial charge on any atom is -0.507 e. The molecule has 0 spiro atoms. The van der Waals surface area contributed by atoms with E-state index in [1.54, 1.807) is 0 Å². The maximum atomic E-state index is 10.8. The summed E-state index contributed by atoms with van der Waals surface area (Å²) in [7, 11) is 0. The Hall–Kier alpha value is -2.15. The summed E-state index contributed by atoms with van der Waals surface area (Å²) in [4.78, 5) is 10.8. The van der Waals surface area contributed by atoms with Crippen molar-refractivity contribution < 1.29 is 19.7 Å². The maximum absolute atomic E-state index is 10.8. The van der Waals surface area contributed by atoms with E-state index in [1.807, 2.05) is 20.8 Å². The monoisotopic (exact) mass is 427 g/mol. The summed E-state index contributed by atoms with van der Waals surface area (Å²) in [6, 6.07) is -0.0527. The molecule has 1 heterocycles. The third-order valence-corrected chi connectivity index (χ3v) is 5.92. The lowest BCUT2D eigenvalue weighted by molar-refractivity contribution is -0.137. The van der Waals surface area contributed by atoms with Gasteiger partial charge >= 0.3 is 5.97 Å². The smallest absolute Gasteiger partial charge is 0.303 e. The molecule has 1 aromatic rings. The van der Waals surface area contributed by atoms with Crippen molar-refractivity contribution >= 4 is 24.3 Å². The molecule has 1 aliphatic rings. The molecule has 0 saturated carbocycles. The normalized spacial score (nSPS) is 18.8. The molecule has 1 aliphatic heterocycles. The van der Waals surface area contributed by atoms with Crippen LogP contribution in [0.15, 0.2) is 0 Å². The summed E-state index contributed by atoms with van der Waals surface area (Å²) < 4.78 is 6.45. The average molecular weight is 428 g/mol. The molecule has 2 rings (SSSR count). The van der Waals surface area contributed by atoms with Crippen molar-refractivity contribution in [2.75, 3.05) is 0 Å². The van der Waals surface area contributed by atoms with Crippen molar-refractivity contribution in [1.29, 1.82) is 5.41 Å². The minimum atomic E-state index is -0.815. The number of carboxylic acids is 1. The lowest BCUT2D eigenvalue weighted by atomic mass is 9.84. The van der Waals surface area contributed by atoms with Crippen molar-refractivity contribution in [3.8, 4) is 11.5 Å². The van der Waals surface area contributed by atoms with Gasteiger partial charge in [0.15, 0.2) is 5.96 Å². The van der Waals surface area contributed by atoms with Gasteiger partial charge in [-0.25, -0.2) is 0 Å². The van der Waals surface area contributed by atoms with Gasteiger partial charge in [-0.3, -0.25) is 10.2 Å². The molecule has 6 N–H and O–H groups in total. The second-order valence-corrected chi connectivity index (χ2v) is 8.16. The number of carboxylic acid groups (broad SMARTS) is 1. The summed E-state index contributed by atoms with van der Waals surface area (Å²) in [5.41, 5.74) is 8.95. The second-order valence-electron chi connectivity index (χ2n) is 8.16. The van der Waals surface area contributed by atoms with E-state index < -0.39 is 5.97 Å². The number of halogens is 1. The number of benzene rings is 1. The molecule has 0 fully saturated rings. The lowest BCUT2D eigenvalue weighted by Crippen LogP contribution is -2.42. The van der Waals surface area contributed by atoms with Gasteiger partial charge in [0.25, 0.3) is 0 Å². The van der Waals surface area contributed by atoms with Crippen molar-refractivity contribution in [2.45, 2.75) is 84.3 Å². The third kappa shape index (κ3) is 6.16. The van der Waals surface area contributed by atoms with Gasteiger partial charge in [-0.1, -0.05) is 0 Å². The fourth-order valence-corrected chi connectivity index (χ4v) is 3.96. The SMILES string of the molecule is Cc1c(C)c2c(c(C)c1O)CCC(C)(CCC(CCCC(=O)O)NC(=N)N)O2.Cl. The summed E-state index contributed by atoms with van der Waals surface area (Å²) in [6.07, 6.45) is 4.48. The molecule has 0 bridgehead atoms. The van der Waals surface area contributed by atoms with Gasteiger partial charge in [0.2, 0.25) is 0 Å². The van der Waals surface area contributed by atoms with Crippen LogP contribution in [0.25, 0.3) is 0 Å². The molecule has 164 valence electrons. The molecule has 7 nitrogen and oxygen atoms in total. The Morgan fingerprint density at radius 2 is 1.93 bits per heavy atom. The molecule has 8 heteroatoms. The predicted molar refractivity (Wildman–Crippen MR) is 116 cm³/mol. The van der Waals surface area contributed by atoms with E-state index in [-0.39, 0.29) is 36.4 Å². The number of ether oxygens (including phenoxy) is 1. The summed E-state index contributed by atoms with van der Waals surface area (Å²) >= 11 is 0. The first-order valence-electron chi connectivity index (χ1n) is 9.87. The highest BCUT2D eigenvalue weighted by molar-refractivity contribution is 5.85. The van der Waals surface area contributed by atoms with Crippen molar-refractivity contribution in [2.24, 2.45) is 5.73 Å². The second kappa shape index (κ2) is 10.1. The molecule has 0 saturated heterocycles. The number of nitrogens with one attached hydrogen (secondary N) is 2. The number of hydrogen-bond acceptors (Lipinski definition) is 4. The van der Waals surface area contributed by atoms with Crippen LogP contribution in [0.4, 0.5) is 0 Å². The van der Waals surface area contributed by atoms with Crippen LogP contribution in [0.3, 0.4) is 0 Å². The van der Waals surface area contributed by atoms with Gasteiger partial charge in [0, 0.05) is 18.0 Å². The zero-order chi connectivity index (χ0) is 21.1. The molecule has 2 atom stereocenters. The first-order chi connectivity index (χ1) is 13.0. The molecular formula is C21H34ClN3O4. The van der Waals surface area contributed by atoms with E-state index in [1.165, 1.54) is 0 Å². The number of aliphatic carboxylic acids is 1. The van der Waals surface area contributed by atoms with Crippen LogP contribution in [0.5, 0.6) is 11.5 Å². The highest BCUT2D eigenvalue weighted by Crippen LogP contribution is 2.44. The fraction of sp³-hybridized carbons (Fsp3) is 0.619. The van der Waals surface area contributed by atoms with Crippen molar-refractivity contribution in [3.05, 3.63) is 22.3 Å². The zero-order valence-corrected chi connectivity index (χ0v) is 18.5. The molecule has 2 unspecified atom stereocenters. The summed E-state index contributed by atoms with van der Waals surface area (Å²) in [6.45, 7) is 7.91. The van der Waals surface area contributed by atoms with Crippen LogP contribution in [0.1, 0.15) is 67.7 Å². The van der Waals surface area contributed by atoms with Crippen LogP contribution in [-0.4, -0.2) is 33.8 Å². The Morgan fingerprint density at radius 3 is 2.52 bits per heavy atom. The number of hydrogen-bond donors (Lipinski definition) is 5. The summed E-state index contributed by atoms with van der Waals surface area (Å²) in [5.74, 6) is 0.319. The van der Waals surface area contributed by atoms with E-state index >= 15 is 0 Å². The molecule has 0 aliphatic carbocycles. The lowest BCUT2D eigenvalue weighted by Gasteiger charge is -2.39. The summed E-state index contributed by atoms with van der Waals surface area (Å²) in [5, 5.41) is 29.6. The number of carbonyl (C=O) groups is 1. The molecule has 29 heavy (non-hydrogen) atoms. The third-order valence-electron chi connectivity index (χ3n) is 5.92. The van der Waals surface area contributed by atoms with Gasteiger partial charge < -0.3 is 26.0 Å². The van der Waals surface area contributed by atoms with Gasteiger partial charge in [-0.2, -0.15) is 0 Å². The van der Waals surface area contributed by atoms with E-state index in [0.29, 0.717) is 18.6 Å². The highest BCUT2D eigenvalue weighted by Gasteiger charge is 2.35. The molecule has 0 radical (unpaired) electrons. The maximum Gasteiger partial charge on any atom is 0.303 e. The average Bonchev–Trinajstić information content (AvgIpc) is 2.62. The van der Waals surface area contributed by atoms with Crippen molar-refractivity contribution in [3.63, 3.8) is 0 Å². The Morgan fingerprint density at radius 1 is 1.28 bits per heavy atom. The van der Waals surface area contributed by atoms with E-state index in [0.717, 1.165) is 53.7 Å². The van der Waals surface area contributed by atoms with E-state index in [2.05, 4.69) is 12.2 Å². The number of phenols is 1. The first kappa shape index (κ1) is 24.9. The topological polar surface area (TPSA) is 129 Å². The molecule has 0 amide bonds. The fourth-order valence-electron chi connectivity index (χ4n) is 3.96. The van der Waals surface area contributed by atoms with Gasteiger partial charge in [0.1, 0.15) is 17.1 Å².